The summed E-state index contributed by atoms with van der Waals surface area (Å²) in [5.41, 5.74) is 3.07. The van der Waals surface area contributed by atoms with Gasteiger partial charge >= 0.3 is 0 Å². The molecule has 16 heavy (non-hydrogen) atoms. The molecule has 0 saturated heterocycles. The van der Waals surface area contributed by atoms with Crippen molar-refractivity contribution < 1.29 is 32.7 Å². The number of pyridine rings is 1. The minimum absolute atomic E-state index is 0. The van der Waals surface area contributed by atoms with E-state index >= 15 is 0 Å². The molecule has 0 aromatic carbocycles. The van der Waals surface area contributed by atoms with Crippen LogP contribution in [-0.2, 0) is 39.8 Å². The molecule has 2 aromatic heterocycles. The quantitative estimate of drug-likeness (QED) is 0.795. The predicted molar refractivity (Wildman–Crippen MR) is 59.4 cm³/mol. The van der Waals surface area contributed by atoms with E-state index in [2.05, 4.69) is 30.0 Å². The number of hydrogen-bond acceptors (Lipinski definition) is 2. The van der Waals surface area contributed by atoms with Crippen LogP contribution < -0.4 is 0 Å². The molecule has 4 heteroatoms. The second-order valence-corrected chi connectivity index (χ2v) is 3.88. The molecule has 2 heterocycles. The van der Waals surface area contributed by atoms with E-state index in [-0.39, 0.29) is 32.7 Å². The minimum atomic E-state index is 0. The number of nitrogens with zero attached hydrogens (tertiary/aromatic N) is 3. The van der Waals surface area contributed by atoms with Crippen molar-refractivity contribution in [3.63, 3.8) is 0 Å². The predicted octanol–water partition coefficient (Wildman–Crippen LogP) is 2.40. The third kappa shape index (κ3) is 2.77. The van der Waals surface area contributed by atoms with E-state index in [9.17, 15) is 0 Å². The van der Waals surface area contributed by atoms with Gasteiger partial charge in [0.15, 0.2) is 0 Å². The molecule has 0 saturated carbocycles. The maximum absolute atomic E-state index is 4.41. The molecule has 1 radical (unpaired) electrons. The van der Waals surface area contributed by atoms with Crippen molar-refractivity contribution in [2.45, 2.75) is 19.8 Å². The first-order chi connectivity index (χ1) is 7.18. The average molecular weight is 289 g/mol. The van der Waals surface area contributed by atoms with E-state index in [0.29, 0.717) is 5.92 Å². The van der Waals surface area contributed by atoms with Gasteiger partial charge in [-0.05, 0) is 17.7 Å². The molecule has 0 bridgehead atoms. The summed E-state index contributed by atoms with van der Waals surface area (Å²) in [6, 6.07) is 7.12. The van der Waals surface area contributed by atoms with E-state index in [1.807, 2.05) is 30.1 Å². The Morgan fingerprint density at radius 3 is 2.56 bits per heavy atom. The number of aryl methyl sites for hydroxylation is 1. The van der Waals surface area contributed by atoms with E-state index < -0.39 is 0 Å². The molecule has 0 aliphatic rings. The van der Waals surface area contributed by atoms with Crippen LogP contribution in [0.1, 0.15) is 25.3 Å². The fourth-order valence-electron chi connectivity index (χ4n) is 1.45. The number of aromatic nitrogens is 3. The van der Waals surface area contributed by atoms with E-state index in [1.165, 1.54) is 0 Å². The van der Waals surface area contributed by atoms with Crippen molar-refractivity contribution in [2.24, 2.45) is 7.05 Å². The van der Waals surface area contributed by atoms with Gasteiger partial charge in [-0.1, -0.05) is 20.0 Å². The summed E-state index contributed by atoms with van der Waals surface area (Å²) in [6.07, 6.45) is 3.65. The maximum Gasteiger partial charge on any atom is 0.0485 e. The third-order valence-corrected chi connectivity index (χ3v) is 2.42. The molecular formula is C12H14N3Y-. The Labute approximate surface area is 121 Å². The molecule has 0 unspecified atom stereocenters. The Balaban J connectivity index is 0.00000128. The standard InChI is InChI=1S/C12H14N3.Y/c1-9(2)10-4-5-11(13-8-10)12-6-7-14-15(12)3;/h5-9H,1-3H3;/q-1;. The van der Waals surface area contributed by atoms with Crippen LogP contribution in [0.2, 0.25) is 0 Å². The molecule has 0 atom stereocenters. The van der Waals surface area contributed by atoms with Crippen molar-refractivity contribution in [2.75, 3.05) is 0 Å². The molecule has 0 amide bonds. The average Bonchev–Trinajstić information content (AvgIpc) is 2.65. The van der Waals surface area contributed by atoms with Gasteiger partial charge in [0.25, 0.3) is 0 Å². The molecule has 81 valence electrons. The van der Waals surface area contributed by atoms with Gasteiger partial charge in [-0.2, -0.15) is 11.2 Å². The summed E-state index contributed by atoms with van der Waals surface area (Å²) in [5.74, 6) is 0.470. The Morgan fingerprint density at radius 1 is 1.38 bits per heavy atom. The Hall–Kier alpha value is -0.536. The van der Waals surface area contributed by atoms with Gasteiger partial charge in [-0.25, -0.2) is 0 Å². The van der Waals surface area contributed by atoms with Crippen LogP contribution >= 0.6 is 0 Å². The van der Waals surface area contributed by atoms with Crippen molar-refractivity contribution in [1.82, 2.24) is 14.8 Å². The van der Waals surface area contributed by atoms with Crippen LogP contribution in [0.25, 0.3) is 11.4 Å². The Kier molecular flexibility index (Phi) is 4.81. The Morgan fingerprint density at radius 2 is 2.12 bits per heavy atom. The molecule has 0 aliphatic heterocycles. The van der Waals surface area contributed by atoms with Gasteiger partial charge in [-0.15, -0.1) is 11.6 Å². The second-order valence-electron chi connectivity index (χ2n) is 3.88. The number of hydrogen-bond donors (Lipinski definition) is 0. The largest absolute Gasteiger partial charge is 0.381 e. The maximum atomic E-state index is 4.41. The SMILES string of the molecule is CC(C)c1[c-]cc(-c2ccnn2C)nc1.[Y]. The van der Waals surface area contributed by atoms with Crippen molar-refractivity contribution in [3.8, 4) is 11.4 Å². The van der Waals surface area contributed by atoms with Gasteiger partial charge < -0.3 is 4.98 Å². The fraction of sp³-hybridized carbons (Fsp3) is 0.333. The topological polar surface area (TPSA) is 30.7 Å². The molecule has 0 N–H and O–H groups in total. The number of rotatable bonds is 2. The monoisotopic (exact) mass is 289 g/mol. The molecule has 0 spiro atoms. The van der Waals surface area contributed by atoms with Crippen LogP contribution in [0.3, 0.4) is 0 Å². The molecule has 2 rings (SSSR count). The van der Waals surface area contributed by atoms with Crippen LogP contribution in [0, 0.1) is 6.07 Å². The summed E-state index contributed by atoms with van der Waals surface area (Å²) < 4.78 is 1.81. The molecule has 0 fully saturated rings. The summed E-state index contributed by atoms with van der Waals surface area (Å²) in [6.45, 7) is 4.27. The molecular weight excluding hydrogens is 275 g/mol. The molecule has 2 aromatic rings. The van der Waals surface area contributed by atoms with Crippen LogP contribution in [-0.4, -0.2) is 14.8 Å². The van der Waals surface area contributed by atoms with Gasteiger partial charge in [0, 0.05) is 51.6 Å². The zero-order valence-corrected chi connectivity index (χ0v) is 12.6. The third-order valence-electron chi connectivity index (χ3n) is 2.42. The zero-order valence-electron chi connectivity index (χ0n) is 9.81. The van der Waals surface area contributed by atoms with Crippen molar-refractivity contribution in [3.05, 3.63) is 36.2 Å². The van der Waals surface area contributed by atoms with E-state index in [1.54, 1.807) is 6.20 Å². The van der Waals surface area contributed by atoms with Gasteiger partial charge in [0.05, 0.1) is 0 Å². The van der Waals surface area contributed by atoms with Gasteiger partial charge in [-0.3, -0.25) is 4.68 Å². The van der Waals surface area contributed by atoms with E-state index in [4.69, 9.17) is 0 Å². The summed E-state index contributed by atoms with van der Waals surface area (Å²) in [7, 11) is 1.91. The summed E-state index contributed by atoms with van der Waals surface area (Å²) in [5, 5.41) is 4.11. The van der Waals surface area contributed by atoms with Crippen LogP contribution in [0.15, 0.2) is 24.5 Å². The van der Waals surface area contributed by atoms with Gasteiger partial charge in [0.2, 0.25) is 0 Å². The normalized spacial score (nSPS) is 10.2. The van der Waals surface area contributed by atoms with Gasteiger partial charge in [0.1, 0.15) is 0 Å². The first-order valence-corrected chi connectivity index (χ1v) is 5.04. The second kappa shape index (κ2) is 5.69. The fourth-order valence-corrected chi connectivity index (χ4v) is 1.45. The van der Waals surface area contributed by atoms with Crippen molar-refractivity contribution in [1.29, 1.82) is 0 Å². The van der Waals surface area contributed by atoms with Crippen LogP contribution in [0.5, 0.6) is 0 Å². The minimum Gasteiger partial charge on any atom is -0.381 e. The first-order valence-electron chi connectivity index (χ1n) is 5.04. The van der Waals surface area contributed by atoms with E-state index in [0.717, 1.165) is 17.0 Å². The Bertz CT molecular complexity index is 446. The van der Waals surface area contributed by atoms with Crippen LogP contribution in [0.4, 0.5) is 0 Å². The molecule has 0 aliphatic carbocycles. The first kappa shape index (κ1) is 13.5. The smallest absolute Gasteiger partial charge is 0.0485 e. The molecule has 3 nitrogen and oxygen atoms in total. The zero-order chi connectivity index (χ0) is 10.8. The summed E-state index contributed by atoms with van der Waals surface area (Å²) in [4.78, 5) is 4.41. The summed E-state index contributed by atoms with van der Waals surface area (Å²) >= 11 is 0. The van der Waals surface area contributed by atoms with Crippen molar-refractivity contribution >= 4 is 0 Å².